The molecule has 0 saturated heterocycles. The predicted octanol–water partition coefficient (Wildman–Crippen LogP) is 3.66. The maximum atomic E-state index is 12.5. The quantitative estimate of drug-likeness (QED) is 0.833. The van der Waals surface area contributed by atoms with Crippen LogP contribution in [0, 0.1) is 6.92 Å². The van der Waals surface area contributed by atoms with Crippen molar-refractivity contribution in [3.05, 3.63) is 52.0 Å². The fourth-order valence-corrected chi connectivity index (χ4v) is 2.41. The first-order valence-corrected chi connectivity index (χ1v) is 7.32. The Morgan fingerprint density at radius 3 is 2.57 bits per heavy atom. The molecule has 0 heterocycles. The zero-order valence-corrected chi connectivity index (χ0v) is 13.9. The molecule has 0 aliphatic carbocycles. The molecular weight excluding hydrogens is 330 g/mol. The molecule has 110 valence electrons. The lowest BCUT2D eigenvalue weighted by molar-refractivity contribution is 0.102. The second-order valence-corrected chi connectivity index (χ2v) is 6.00. The second-order valence-electron chi connectivity index (χ2n) is 5.08. The van der Waals surface area contributed by atoms with Crippen molar-refractivity contribution in [3.8, 4) is 0 Å². The van der Waals surface area contributed by atoms with Crippen molar-refractivity contribution in [2.75, 3.05) is 30.0 Å². The van der Waals surface area contributed by atoms with Crippen LogP contribution < -0.4 is 16.0 Å². The number of amides is 1. The van der Waals surface area contributed by atoms with E-state index in [2.05, 4.69) is 21.2 Å². The lowest BCUT2D eigenvalue weighted by atomic mass is 10.1. The second kappa shape index (κ2) is 6.18. The molecule has 2 aromatic rings. The highest BCUT2D eigenvalue weighted by Crippen LogP contribution is 2.25. The van der Waals surface area contributed by atoms with Gasteiger partial charge in [0.25, 0.3) is 5.91 Å². The van der Waals surface area contributed by atoms with Crippen LogP contribution in [-0.4, -0.2) is 20.0 Å². The van der Waals surface area contributed by atoms with E-state index in [0.29, 0.717) is 11.3 Å². The third-order valence-corrected chi connectivity index (χ3v) is 3.69. The number of aryl methyl sites for hydroxylation is 1. The topological polar surface area (TPSA) is 58.4 Å². The number of nitrogens with zero attached hydrogens (tertiary/aromatic N) is 1. The number of hydrogen-bond acceptors (Lipinski definition) is 3. The van der Waals surface area contributed by atoms with Crippen LogP contribution in [0.2, 0.25) is 0 Å². The molecule has 0 saturated carbocycles. The van der Waals surface area contributed by atoms with Crippen LogP contribution in [0.15, 0.2) is 40.9 Å². The Kier molecular flexibility index (Phi) is 4.53. The molecule has 2 rings (SSSR count). The zero-order valence-electron chi connectivity index (χ0n) is 12.3. The van der Waals surface area contributed by atoms with Crippen LogP contribution in [0.25, 0.3) is 0 Å². The minimum atomic E-state index is -0.174. The van der Waals surface area contributed by atoms with Gasteiger partial charge >= 0.3 is 0 Å². The van der Waals surface area contributed by atoms with Crippen molar-refractivity contribution in [2.24, 2.45) is 0 Å². The summed E-state index contributed by atoms with van der Waals surface area (Å²) in [6.07, 6.45) is 0. The summed E-state index contributed by atoms with van der Waals surface area (Å²) in [5.74, 6) is -0.174. The standard InChI is InChI=1S/C16H18BrN3O/c1-10-4-5-11(17)8-14(10)19-16(21)13-9-12(18)6-7-15(13)20(2)3/h4-9H,18H2,1-3H3,(H,19,21). The Morgan fingerprint density at radius 1 is 1.19 bits per heavy atom. The van der Waals surface area contributed by atoms with E-state index in [1.807, 2.05) is 50.2 Å². The molecule has 0 aliphatic rings. The Bertz CT molecular complexity index is 683. The summed E-state index contributed by atoms with van der Waals surface area (Å²) in [5, 5.41) is 2.94. The van der Waals surface area contributed by atoms with Gasteiger partial charge in [0.15, 0.2) is 0 Å². The molecule has 0 spiro atoms. The Labute approximate surface area is 133 Å². The average molecular weight is 348 g/mol. The van der Waals surface area contributed by atoms with Crippen LogP contribution >= 0.6 is 15.9 Å². The third kappa shape index (κ3) is 3.55. The number of nitrogens with one attached hydrogen (secondary N) is 1. The van der Waals surface area contributed by atoms with Gasteiger partial charge in [-0.05, 0) is 42.8 Å². The smallest absolute Gasteiger partial charge is 0.257 e. The number of nitrogens with two attached hydrogens (primary N) is 1. The minimum Gasteiger partial charge on any atom is -0.399 e. The van der Waals surface area contributed by atoms with E-state index < -0.39 is 0 Å². The molecule has 0 bridgehead atoms. The maximum Gasteiger partial charge on any atom is 0.257 e. The third-order valence-electron chi connectivity index (χ3n) is 3.19. The zero-order chi connectivity index (χ0) is 15.6. The van der Waals surface area contributed by atoms with Crippen LogP contribution in [0.5, 0.6) is 0 Å². The predicted molar refractivity (Wildman–Crippen MR) is 92.0 cm³/mol. The molecule has 3 N–H and O–H groups in total. The molecule has 2 aromatic carbocycles. The molecule has 0 aliphatic heterocycles. The molecule has 4 nitrogen and oxygen atoms in total. The van der Waals surface area contributed by atoms with Crippen molar-refractivity contribution in [1.29, 1.82) is 0 Å². The molecule has 0 radical (unpaired) electrons. The first-order valence-electron chi connectivity index (χ1n) is 6.53. The van der Waals surface area contributed by atoms with Crippen molar-refractivity contribution < 1.29 is 4.79 Å². The van der Waals surface area contributed by atoms with E-state index in [4.69, 9.17) is 5.73 Å². The van der Waals surface area contributed by atoms with Gasteiger partial charge in [0.2, 0.25) is 0 Å². The van der Waals surface area contributed by atoms with Crippen LogP contribution in [0.4, 0.5) is 17.1 Å². The Balaban J connectivity index is 2.36. The van der Waals surface area contributed by atoms with E-state index in [-0.39, 0.29) is 5.91 Å². The lowest BCUT2D eigenvalue weighted by Gasteiger charge is -2.18. The molecule has 0 aromatic heterocycles. The number of anilines is 3. The molecular formula is C16H18BrN3O. The SMILES string of the molecule is Cc1ccc(Br)cc1NC(=O)c1cc(N)ccc1N(C)C. The highest BCUT2D eigenvalue weighted by molar-refractivity contribution is 9.10. The highest BCUT2D eigenvalue weighted by atomic mass is 79.9. The molecule has 5 heteroatoms. The van der Waals surface area contributed by atoms with E-state index in [1.54, 1.807) is 12.1 Å². The van der Waals surface area contributed by atoms with E-state index in [9.17, 15) is 4.79 Å². The van der Waals surface area contributed by atoms with Crippen LogP contribution in [0.1, 0.15) is 15.9 Å². The molecule has 0 atom stereocenters. The monoisotopic (exact) mass is 347 g/mol. The van der Waals surface area contributed by atoms with Crippen molar-refractivity contribution >= 4 is 38.9 Å². The van der Waals surface area contributed by atoms with Gasteiger partial charge in [0.05, 0.1) is 5.56 Å². The molecule has 1 amide bonds. The summed E-state index contributed by atoms with van der Waals surface area (Å²) in [6.45, 7) is 1.95. The van der Waals surface area contributed by atoms with Crippen LogP contribution in [-0.2, 0) is 0 Å². The maximum absolute atomic E-state index is 12.5. The number of halogens is 1. The van der Waals surface area contributed by atoms with Gasteiger partial charge in [0, 0.05) is 35.6 Å². The fraction of sp³-hybridized carbons (Fsp3) is 0.188. The summed E-state index contributed by atoms with van der Waals surface area (Å²) in [5.41, 5.74) is 9.54. The van der Waals surface area contributed by atoms with Crippen molar-refractivity contribution in [3.63, 3.8) is 0 Å². The molecule has 0 fully saturated rings. The summed E-state index contributed by atoms with van der Waals surface area (Å²) in [6, 6.07) is 11.1. The molecule has 0 unspecified atom stereocenters. The van der Waals surface area contributed by atoms with Gasteiger partial charge in [-0.3, -0.25) is 4.79 Å². The number of benzene rings is 2. The number of hydrogen-bond donors (Lipinski definition) is 2. The molecule has 21 heavy (non-hydrogen) atoms. The van der Waals surface area contributed by atoms with Gasteiger partial charge in [-0.15, -0.1) is 0 Å². The number of carbonyl (C=O) groups is 1. The number of carbonyl (C=O) groups excluding carboxylic acids is 1. The lowest BCUT2D eigenvalue weighted by Crippen LogP contribution is -2.19. The summed E-state index contributed by atoms with van der Waals surface area (Å²) in [4.78, 5) is 14.4. The van der Waals surface area contributed by atoms with Crippen molar-refractivity contribution in [2.45, 2.75) is 6.92 Å². The minimum absolute atomic E-state index is 0.174. The summed E-state index contributed by atoms with van der Waals surface area (Å²) in [7, 11) is 3.79. The van der Waals surface area contributed by atoms with Crippen LogP contribution in [0.3, 0.4) is 0 Å². The highest BCUT2D eigenvalue weighted by Gasteiger charge is 2.14. The Hall–Kier alpha value is -2.01. The van der Waals surface area contributed by atoms with Crippen molar-refractivity contribution in [1.82, 2.24) is 0 Å². The van der Waals surface area contributed by atoms with Gasteiger partial charge in [0.1, 0.15) is 0 Å². The first kappa shape index (κ1) is 15.4. The largest absolute Gasteiger partial charge is 0.399 e. The first-order chi connectivity index (χ1) is 9.88. The number of rotatable bonds is 3. The van der Waals surface area contributed by atoms with E-state index >= 15 is 0 Å². The summed E-state index contributed by atoms with van der Waals surface area (Å²) >= 11 is 3.41. The van der Waals surface area contributed by atoms with E-state index in [0.717, 1.165) is 21.4 Å². The van der Waals surface area contributed by atoms with Gasteiger partial charge in [-0.2, -0.15) is 0 Å². The number of nitrogen functional groups attached to an aromatic ring is 1. The normalized spacial score (nSPS) is 10.3. The van der Waals surface area contributed by atoms with Gasteiger partial charge in [-0.1, -0.05) is 22.0 Å². The fourth-order valence-electron chi connectivity index (χ4n) is 2.04. The van der Waals surface area contributed by atoms with Gasteiger partial charge in [-0.25, -0.2) is 0 Å². The Morgan fingerprint density at radius 2 is 1.90 bits per heavy atom. The van der Waals surface area contributed by atoms with E-state index in [1.165, 1.54) is 0 Å². The summed E-state index contributed by atoms with van der Waals surface area (Å²) < 4.78 is 0.920. The van der Waals surface area contributed by atoms with Gasteiger partial charge < -0.3 is 16.0 Å². The average Bonchev–Trinajstić information content (AvgIpc) is 2.42.